The fourth-order valence-corrected chi connectivity index (χ4v) is 10.0. The monoisotopic (exact) mass is 487 g/mol. The summed E-state index contributed by atoms with van der Waals surface area (Å²) in [6.45, 7) is 4.27. The van der Waals surface area contributed by atoms with Crippen LogP contribution in [0.5, 0.6) is 11.5 Å². The summed E-state index contributed by atoms with van der Waals surface area (Å²) in [5, 5.41) is 23.3. The fourth-order valence-electron chi connectivity index (χ4n) is 10.0. The highest BCUT2D eigenvalue weighted by Crippen LogP contribution is 2.78. The van der Waals surface area contributed by atoms with Gasteiger partial charge in [0, 0.05) is 42.0 Å². The van der Waals surface area contributed by atoms with Gasteiger partial charge < -0.3 is 19.7 Å². The van der Waals surface area contributed by atoms with E-state index < -0.39 is 11.2 Å². The van der Waals surface area contributed by atoms with Crippen LogP contribution < -0.4 is 4.74 Å². The molecule has 7 aliphatic rings. The second kappa shape index (κ2) is 6.86. The SMILES string of the molecule is CO[C@]12CCC3(C[C@@H]1[C@](C)(O)c1ccccc1)C1Cc4ccc(O)c5c4[C@@]3(CCN1CC1CC1)[C@@H]2O5. The molecule has 2 spiro atoms. The van der Waals surface area contributed by atoms with Gasteiger partial charge >= 0.3 is 0 Å². The maximum atomic E-state index is 12.3. The van der Waals surface area contributed by atoms with Gasteiger partial charge in [-0.05, 0) is 81.5 Å². The van der Waals surface area contributed by atoms with Crippen LogP contribution in [0.3, 0.4) is 0 Å². The Balaban J connectivity index is 1.36. The van der Waals surface area contributed by atoms with Crippen LogP contribution in [0.4, 0.5) is 0 Å². The van der Waals surface area contributed by atoms with Crippen LogP contribution in [0.2, 0.25) is 0 Å². The Bertz CT molecular complexity index is 1240. The first kappa shape index (κ1) is 22.0. The molecule has 1 saturated heterocycles. The molecule has 5 fully saturated rings. The molecule has 9 rings (SSSR count). The van der Waals surface area contributed by atoms with Gasteiger partial charge in [0.05, 0.1) is 5.60 Å². The predicted octanol–water partition coefficient (Wildman–Crippen LogP) is 4.52. The lowest BCUT2D eigenvalue weighted by Gasteiger charge is -2.75. The van der Waals surface area contributed by atoms with Crippen molar-refractivity contribution in [3.05, 3.63) is 59.2 Å². The molecule has 2 N–H and O–H groups in total. The molecule has 2 aromatic carbocycles. The smallest absolute Gasteiger partial charge is 0.165 e. The van der Waals surface area contributed by atoms with E-state index in [1.165, 1.54) is 30.5 Å². The zero-order chi connectivity index (χ0) is 24.5. The van der Waals surface area contributed by atoms with Gasteiger partial charge in [0.15, 0.2) is 11.5 Å². The molecule has 7 atom stereocenters. The molecule has 2 heterocycles. The number of aromatic hydroxyl groups is 1. The summed E-state index contributed by atoms with van der Waals surface area (Å²) in [6.07, 6.45) is 7.45. The number of phenolic OH excluding ortho intramolecular Hbond substituents is 1. The zero-order valence-corrected chi connectivity index (χ0v) is 21.4. The average Bonchev–Trinajstić information content (AvgIpc) is 3.64. The van der Waals surface area contributed by atoms with E-state index in [1.807, 2.05) is 50.4 Å². The Morgan fingerprint density at radius 3 is 2.67 bits per heavy atom. The van der Waals surface area contributed by atoms with E-state index in [-0.39, 0.29) is 28.6 Å². The Morgan fingerprint density at radius 1 is 1.11 bits per heavy atom. The summed E-state index contributed by atoms with van der Waals surface area (Å²) in [6, 6.07) is 14.6. The molecule has 5 heteroatoms. The van der Waals surface area contributed by atoms with Crippen molar-refractivity contribution in [3.63, 3.8) is 0 Å². The van der Waals surface area contributed by atoms with Crippen LogP contribution in [0.1, 0.15) is 62.1 Å². The van der Waals surface area contributed by atoms with E-state index in [9.17, 15) is 10.2 Å². The van der Waals surface area contributed by atoms with E-state index in [0.29, 0.717) is 11.8 Å². The molecule has 2 aliphatic heterocycles. The average molecular weight is 488 g/mol. The summed E-state index contributed by atoms with van der Waals surface area (Å²) >= 11 is 0. The number of likely N-dealkylation sites (tertiary alicyclic amines) is 1. The summed E-state index contributed by atoms with van der Waals surface area (Å²) in [5.74, 6) is 1.69. The van der Waals surface area contributed by atoms with E-state index in [1.54, 1.807) is 0 Å². The van der Waals surface area contributed by atoms with E-state index >= 15 is 0 Å². The number of aliphatic hydroxyl groups is 1. The molecule has 0 amide bonds. The first-order valence-corrected chi connectivity index (χ1v) is 14.0. The van der Waals surface area contributed by atoms with Crippen molar-refractivity contribution in [2.24, 2.45) is 17.3 Å². The second-order valence-corrected chi connectivity index (χ2v) is 12.9. The number of fused-ring (bicyclic) bond motifs is 2. The summed E-state index contributed by atoms with van der Waals surface area (Å²) < 4.78 is 13.5. The third kappa shape index (κ3) is 2.35. The highest BCUT2D eigenvalue weighted by atomic mass is 16.6. The number of ether oxygens (including phenoxy) is 2. The van der Waals surface area contributed by atoms with Gasteiger partial charge in [-0.2, -0.15) is 0 Å². The van der Waals surface area contributed by atoms with Crippen LogP contribution in [0.25, 0.3) is 0 Å². The number of hydrogen-bond donors (Lipinski definition) is 2. The Morgan fingerprint density at radius 2 is 1.92 bits per heavy atom. The van der Waals surface area contributed by atoms with Crippen molar-refractivity contribution in [2.75, 3.05) is 20.2 Å². The van der Waals surface area contributed by atoms with Crippen LogP contribution in [0, 0.1) is 17.3 Å². The molecule has 0 radical (unpaired) electrons. The number of hydrogen-bond acceptors (Lipinski definition) is 5. The standard InChI is InChI=1S/C31H37NO4/c1-28(34,21-6-4-3-5-7-21)23-17-29-12-13-31(23,35-2)27-30(29)14-15-32(18-19-8-9-19)24(29)16-20-10-11-22(33)26(36-27)25(20)30/h3-7,10-11,19,23-24,27,33-34H,8-9,12-18H2,1-2H3/t23-,24?,27+,28-,29?,30+,31-/m1/s1. The molecule has 190 valence electrons. The normalized spacial score (nSPS) is 41.5. The van der Waals surface area contributed by atoms with Crippen molar-refractivity contribution in [3.8, 4) is 11.5 Å². The topological polar surface area (TPSA) is 62.2 Å². The number of piperidine rings is 1. The van der Waals surface area contributed by atoms with Gasteiger partial charge in [-0.1, -0.05) is 36.4 Å². The van der Waals surface area contributed by atoms with Gasteiger partial charge in [0.2, 0.25) is 0 Å². The first-order chi connectivity index (χ1) is 17.4. The fraction of sp³-hybridized carbons (Fsp3) is 0.613. The van der Waals surface area contributed by atoms with Crippen molar-refractivity contribution < 1.29 is 19.7 Å². The van der Waals surface area contributed by atoms with E-state index in [0.717, 1.165) is 50.1 Å². The maximum absolute atomic E-state index is 12.3. The molecule has 2 unspecified atom stereocenters. The molecule has 2 aromatic rings. The van der Waals surface area contributed by atoms with Crippen LogP contribution >= 0.6 is 0 Å². The number of benzene rings is 2. The summed E-state index contributed by atoms with van der Waals surface area (Å²) in [5.41, 5.74) is 1.73. The van der Waals surface area contributed by atoms with Crippen molar-refractivity contribution in [1.82, 2.24) is 4.90 Å². The first-order valence-electron chi connectivity index (χ1n) is 14.0. The molecule has 4 saturated carbocycles. The van der Waals surface area contributed by atoms with Crippen LogP contribution in [-0.4, -0.2) is 53.1 Å². The third-order valence-electron chi connectivity index (χ3n) is 11.7. The van der Waals surface area contributed by atoms with Crippen LogP contribution in [0.15, 0.2) is 42.5 Å². The van der Waals surface area contributed by atoms with E-state index in [2.05, 4.69) is 11.0 Å². The van der Waals surface area contributed by atoms with Gasteiger partial charge in [-0.25, -0.2) is 0 Å². The van der Waals surface area contributed by atoms with Crippen molar-refractivity contribution in [1.29, 1.82) is 0 Å². The Hall–Kier alpha value is -2.08. The predicted molar refractivity (Wildman–Crippen MR) is 136 cm³/mol. The van der Waals surface area contributed by atoms with Gasteiger partial charge in [0.25, 0.3) is 0 Å². The number of phenols is 1. The summed E-state index contributed by atoms with van der Waals surface area (Å²) in [7, 11) is 1.82. The highest BCUT2D eigenvalue weighted by molar-refractivity contribution is 5.63. The lowest BCUT2D eigenvalue weighted by Crippen LogP contribution is -2.82. The molecular weight excluding hydrogens is 450 g/mol. The maximum Gasteiger partial charge on any atom is 0.165 e. The number of rotatable bonds is 5. The minimum atomic E-state index is -1.05. The highest BCUT2D eigenvalue weighted by Gasteiger charge is 2.82. The molecule has 5 nitrogen and oxygen atoms in total. The molecule has 5 aliphatic carbocycles. The largest absolute Gasteiger partial charge is 0.504 e. The number of methoxy groups -OCH3 is 1. The summed E-state index contributed by atoms with van der Waals surface area (Å²) in [4.78, 5) is 2.81. The molecule has 4 bridgehead atoms. The zero-order valence-electron chi connectivity index (χ0n) is 21.4. The molecular formula is C31H37NO4. The van der Waals surface area contributed by atoms with Gasteiger partial charge in [0.1, 0.15) is 11.7 Å². The Labute approximate surface area is 213 Å². The quantitative estimate of drug-likeness (QED) is 0.649. The third-order valence-corrected chi connectivity index (χ3v) is 11.7. The molecule has 0 aromatic heterocycles. The Kier molecular flexibility index (Phi) is 4.18. The number of nitrogens with zero attached hydrogens (tertiary/aromatic N) is 1. The van der Waals surface area contributed by atoms with Gasteiger partial charge in [-0.3, -0.25) is 4.90 Å². The second-order valence-electron chi connectivity index (χ2n) is 12.9. The minimum absolute atomic E-state index is 0.000563. The van der Waals surface area contributed by atoms with Gasteiger partial charge in [-0.15, -0.1) is 0 Å². The van der Waals surface area contributed by atoms with Crippen molar-refractivity contribution >= 4 is 0 Å². The van der Waals surface area contributed by atoms with Crippen LogP contribution in [-0.2, 0) is 22.2 Å². The van der Waals surface area contributed by atoms with E-state index in [4.69, 9.17) is 9.47 Å². The van der Waals surface area contributed by atoms with Crippen molar-refractivity contribution in [2.45, 2.75) is 80.6 Å². The lowest BCUT2D eigenvalue weighted by atomic mass is 9.33. The lowest BCUT2D eigenvalue weighted by molar-refractivity contribution is -0.304. The molecule has 36 heavy (non-hydrogen) atoms. The minimum Gasteiger partial charge on any atom is -0.504 e.